The molecule has 1 aliphatic carbocycles. The van der Waals surface area contributed by atoms with Crippen molar-refractivity contribution in [2.45, 2.75) is 6.42 Å². The standard InChI is InChI=1S/C30H21BN2O2.C30H19BrN2.C25H17N/c34-31(35)20-13-15-21(16-14-20)32-29-12-6-3-9-25(29)26-19-22(17-18-30(26)32)33-27-10-4-1-7-23(27)24-8-2-5-11-28(24)33;31-20-13-15-21(16-14-20)32-29-12-6-3-9-25(29)26-19-22(17-18-30(26)32)33-27-10-4-1-7-23(27)24-8-2-5-11-28(24)33;1-2-8-20-17(7-1)15-18-13-14-19(16-23(18)20)26-24-11-5-3-9-21(24)22-10-4-6-12-25(22)26/h1-19,34-35H;1-19H;1-14,16H,15H2. The summed E-state index contributed by atoms with van der Waals surface area (Å²) >= 11 is 3.57. The molecule has 19 aromatic rings. The van der Waals surface area contributed by atoms with E-state index in [9.17, 15) is 10.0 Å². The summed E-state index contributed by atoms with van der Waals surface area (Å²) in [6.07, 6.45) is 1.04. The van der Waals surface area contributed by atoms with Crippen LogP contribution in [0.3, 0.4) is 0 Å². The van der Waals surface area contributed by atoms with Crippen molar-refractivity contribution >= 4 is 138 Å². The van der Waals surface area contributed by atoms with Crippen LogP contribution in [0.4, 0.5) is 0 Å². The molecular formula is C85H57BBrN5O2. The third-order valence-corrected chi connectivity index (χ3v) is 19.7. The first-order valence-electron chi connectivity index (χ1n) is 31.9. The second-order valence-corrected chi connectivity index (χ2v) is 25.2. The number of hydrogen-bond donors (Lipinski definition) is 2. The number of aromatic nitrogens is 5. The highest BCUT2D eigenvalue weighted by Gasteiger charge is 2.22. The van der Waals surface area contributed by atoms with Crippen molar-refractivity contribution in [2.24, 2.45) is 0 Å². The lowest BCUT2D eigenvalue weighted by atomic mass is 9.80. The van der Waals surface area contributed by atoms with Crippen LogP contribution in [0.25, 0.3) is 149 Å². The molecule has 0 amide bonds. The minimum Gasteiger partial charge on any atom is -0.423 e. The van der Waals surface area contributed by atoms with Gasteiger partial charge in [0.25, 0.3) is 0 Å². The quantitative estimate of drug-likeness (QED) is 0.163. The van der Waals surface area contributed by atoms with Crippen LogP contribution in [0.2, 0.25) is 0 Å². The molecule has 0 bridgehead atoms. The van der Waals surface area contributed by atoms with Crippen molar-refractivity contribution in [2.75, 3.05) is 0 Å². The molecule has 1 aliphatic rings. The van der Waals surface area contributed by atoms with Gasteiger partial charge in [-0.3, -0.25) is 0 Å². The maximum absolute atomic E-state index is 9.51. The average molecular weight is 1270 g/mol. The third kappa shape index (κ3) is 8.96. The highest BCUT2D eigenvalue weighted by molar-refractivity contribution is 9.10. The maximum atomic E-state index is 9.51. The van der Waals surface area contributed by atoms with Gasteiger partial charge in [0.2, 0.25) is 0 Å². The van der Waals surface area contributed by atoms with Gasteiger partial charge in [-0.25, -0.2) is 0 Å². The van der Waals surface area contributed by atoms with Crippen molar-refractivity contribution in [3.63, 3.8) is 0 Å². The van der Waals surface area contributed by atoms with Gasteiger partial charge in [0.15, 0.2) is 0 Å². The Hall–Kier alpha value is -11.5. The molecule has 0 unspecified atom stereocenters. The molecule has 14 aromatic carbocycles. The molecule has 94 heavy (non-hydrogen) atoms. The fourth-order valence-corrected chi connectivity index (χ4v) is 15.3. The fraction of sp³-hybridized carbons (Fsp3) is 0.0118. The maximum Gasteiger partial charge on any atom is 0.488 e. The lowest BCUT2D eigenvalue weighted by molar-refractivity contribution is 0.426. The molecule has 7 nitrogen and oxygen atoms in total. The number of fused-ring (bicyclic) bond motifs is 18. The van der Waals surface area contributed by atoms with E-state index in [1.807, 2.05) is 12.1 Å². The lowest BCUT2D eigenvalue weighted by Crippen LogP contribution is -2.29. The van der Waals surface area contributed by atoms with E-state index in [0.717, 1.165) is 39.0 Å². The van der Waals surface area contributed by atoms with E-state index < -0.39 is 7.12 Å². The molecule has 0 radical (unpaired) electrons. The summed E-state index contributed by atoms with van der Waals surface area (Å²) in [4.78, 5) is 0. The lowest BCUT2D eigenvalue weighted by Gasteiger charge is -2.11. The number of para-hydroxylation sites is 8. The molecule has 444 valence electrons. The fourth-order valence-electron chi connectivity index (χ4n) is 15.0. The Bertz CT molecular complexity index is 6050. The molecule has 20 rings (SSSR count). The number of nitrogens with zero attached hydrogens (tertiary/aromatic N) is 5. The largest absolute Gasteiger partial charge is 0.488 e. The van der Waals surface area contributed by atoms with Crippen LogP contribution in [0.5, 0.6) is 0 Å². The molecule has 9 heteroatoms. The molecule has 0 saturated heterocycles. The average Bonchev–Trinajstić information content (AvgIpc) is 1.59. The molecular weight excluding hydrogens is 1210 g/mol. The van der Waals surface area contributed by atoms with Gasteiger partial charge >= 0.3 is 7.12 Å². The van der Waals surface area contributed by atoms with Crippen LogP contribution in [-0.2, 0) is 6.42 Å². The van der Waals surface area contributed by atoms with Gasteiger partial charge in [0, 0.05) is 86.8 Å². The van der Waals surface area contributed by atoms with Crippen molar-refractivity contribution in [3.05, 3.63) is 337 Å². The predicted molar refractivity (Wildman–Crippen MR) is 397 cm³/mol. The monoisotopic (exact) mass is 1270 g/mol. The van der Waals surface area contributed by atoms with E-state index in [1.54, 1.807) is 12.1 Å². The van der Waals surface area contributed by atoms with Gasteiger partial charge in [-0.15, -0.1) is 0 Å². The SMILES string of the molecule is Brc1ccc(-n2c3ccccc3c3cc(-n4c5ccccc5c5ccccc54)ccc32)cc1.OB(O)c1ccc(-n2c3ccccc3c3cc(-n4c5ccccc5c5ccccc54)ccc32)cc1.c1ccc2c(c1)Cc1ccc(-n3c4ccccc4c4ccccc43)cc1-2. The van der Waals surface area contributed by atoms with Gasteiger partial charge in [-0.1, -0.05) is 204 Å². The van der Waals surface area contributed by atoms with Gasteiger partial charge in [0.05, 0.1) is 55.2 Å². The number of rotatable bonds is 6. The van der Waals surface area contributed by atoms with Crippen LogP contribution >= 0.6 is 15.9 Å². The molecule has 5 heterocycles. The van der Waals surface area contributed by atoms with Crippen molar-refractivity contribution in [1.29, 1.82) is 0 Å². The summed E-state index contributed by atoms with van der Waals surface area (Å²) in [6.45, 7) is 0. The zero-order valence-electron chi connectivity index (χ0n) is 50.9. The number of halogens is 1. The van der Waals surface area contributed by atoms with E-state index in [1.165, 1.54) is 132 Å². The Morgan fingerprint density at radius 1 is 0.234 bits per heavy atom. The van der Waals surface area contributed by atoms with Crippen LogP contribution < -0.4 is 5.46 Å². The molecule has 0 aliphatic heterocycles. The smallest absolute Gasteiger partial charge is 0.423 e. The molecule has 2 N–H and O–H groups in total. The van der Waals surface area contributed by atoms with E-state index in [2.05, 4.69) is 336 Å². The van der Waals surface area contributed by atoms with Crippen molar-refractivity contribution in [1.82, 2.24) is 22.8 Å². The zero-order chi connectivity index (χ0) is 62.5. The Morgan fingerprint density at radius 2 is 0.500 bits per heavy atom. The van der Waals surface area contributed by atoms with Crippen LogP contribution in [0, 0.1) is 0 Å². The topological polar surface area (TPSA) is 65.1 Å². The van der Waals surface area contributed by atoms with Crippen LogP contribution in [0.1, 0.15) is 11.1 Å². The molecule has 0 spiro atoms. The normalized spacial score (nSPS) is 11.9. The van der Waals surface area contributed by atoms with E-state index in [-0.39, 0.29) is 0 Å². The minimum absolute atomic E-state index is 0.475. The highest BCUT2D eigenvalue weighted by Crippen LogP contribution is 2.42. The van der Waals surface area contributed by atoms with Crippen LogP contribution in [0.15, 0.2) is 326 Å². The second kappa shape index (κ2) is 22.4. The Kier molecular flexibility index (Phi) is 13.2. The van der Waals surface area contributed by atoms with Gasteiger partial charge in [-0.05, 0) is 168 Å². The van der Waals surface area contributed by atoms with E-state index in [0.29, 0.717) is 5.46 Å². The number of hydrogen-bond acceptors (Lipinski definition) is 2. The van der Waals surface area contributed by atoms with Crippen LogP contribution in [-0.4, -0.2) is 40.0 Å². The molecule has 0 atom stereocenters. The summed E-state index contributed by atoms with van der Waals surface area (Å²) in [7, 11) is -1.48. The van der Waals surface area contributed by atoms with Gasteiger partial charge in [0.1, 0.15) is 0 Å². The van der Waals surface area contributed by atoms with Crippen molar-refractivity contribution in [3.8, 4) is 39.6 Å². The summed E-state index contributed by atoms with van der Waals surface area (Å²) in [5.74, 6) is 0. The second-order valence-electron chi connectivity index (χ2n) is 24.3. The molecule has 5 aromatic heterocycles. The summed E-state index contributed by atoms with van der Waals surface area (Å²) in [5.41, 5.74) is 23.8. The summed E-state index contributed by atoms with van der Waals surface area (Å²) in [5, 5.41) is 31.6. The zero-order valence-corrected chi connectivity index (χ0v) is 52.5. The Morgan fingerprint density at radius 3 is 0.872 bits per heavy atom. The van der Waals surface area contributed by atoms with E-state index >= 15 is 0 Å². The predicted octanol–water partition coefficient (Wildman–Crippen LogP) is 20.6. The molecule has 0 saturated carbocycles. The summed E-state index contributed by atoms with van der Waals surface area (Å²) < 4.78 is 12.8. The van der Waals surface area contributed by atoms with E-state index in [4.69, 9.17) is 0 Å². The first kappa shape index (κ1) is 55.4. The highest BCUT2D eigenvalue weighted by atomic mass is 79.9. The Labute approximate surface area is 550 Å². The van der Waals surface area contributed by atoms with Gasteiger partial charge in [-0.2, -0.15) is 0 Å². The summed E-state index contributed by atoms with van der Waals surface area (Å²) in [6, 6.07) is 114. The number of benzene rings is 14. The Balaban J connectivity index is 0.000000105. The first-order chi connectivity index (χ1) is 46.4. The first-order valence-corrected chi connectivity index (χ1v) is 32.7. The van der Waals surface area contributed by atoms with Crippen molar-refractivity contribution < 1.29 is 10.0 Å². The minimum atomic E-state index is -1.48. The molecule has 0 fully saturated rings. The van der Waals surface area contributed by atoms with Gasteiger partial charge < -0.3 is 32.9 Å². The third-order valence-electron chi connectivity index (χ3n) is 19.1.